The van der Waals surface area contributed by atoms with E-state index in [0.29, 0.717) is 30.2 Å². The minimum Gasteiger partial charge on any atom is -0.493 e. The molecule has 0 aliphatic heterocycles. The zero-order valence-electron chi connectivity index (χ0n) is 13.4. The van der Waals surface area contributed by atoms with Crippen LogP contribution in [0.4, 0.5) is 0 Å². The quantitative estimate of drug-likeness (QED) is 0.814. The normalized spacial score (nSPS) is 10.4. The van der Waals surface area contributed by atoms with Crippen LogP contribution in [0.3, 0.4) is 0 Å². The number of thiophene rings is 1. The van der Waals surface area contributed by atoms with Crippen LogP contribution in [0, 0.1) is 6.92 Å². The molecule has 0 saturated heterocycles. The summed E-state index contributed by atoms with van der Waals surface area (Å²) in [6.07, 6.45) is 0. The Bertz CT molecular complexity index is 651. The van der Waals surface area contributed by atoms with Gasteiger partial charge in [-0.05, 0) is 49.1 Å². The minimum atomic E-state index is -0.0311. The number of carbonyl (C=O) groups excluding carboxylic acids is 1. The van der Waals surface area contributed by atoms with Crippen LogP contribution in [-0.2, 0) is 6.54 Å². The summed E-state index contributed by atoms with van der Waals surface area (Å²) in [5.74, 6) is 1.20. The smallest absolute Gasteiger partial charge is 0.254 e. The monoisotopic (exact) mass is 319 g/mol. The van der Waals surface area contributed by atoms with Crippen LogP contribution in [-0.4, -0.2) is 31.6 Å². The number of hydrogen-bond donors (Lipinski definition) is 0. The van der Waals surface area contributed by atoms with Gasteiger partial charge in [0.15, 0.2) is 11.5 Å². The highest BCUT2D eigenvalue weighted by molar-refractivity contribution is 7.10. The third kappa shape index (κ3) is 3.60. The molecule has 118 valence electrons. The summed E-state index contributed by atoms with van der Waals surface area (Å²) in [6, 6.07) is 7.34. The van der Waals surface area contributed by atoms with Crippen molar-refractivity contribution < 1.29 is 14.3 Å². The predicted molar refractivity (Wildman–Crippen MR) is 89.0 cm³/mol. The fraction of sp³-hybridized carbons (Fsp3) is 0.353. The second-order valence-corrected chi connectivity index (χ2v) is 5.99. The van der Waals surface area contributed by atoms with Gasteiger partial charge in [0.25, 0.3) is 5.91 Å². The predicted octanol–water partition coefficient (Wildman–Crippen LogP) is 3.74. The largest absolute Gasteiger partial charge is 0.493 e. The van der Waals surface area contributed by atoms with Crippen LogP contribution in [0.5, 0.6) is 11.5 Å². The molecule has 1 amide bonds. The second-order valence-electron chi connectivity index (χ2n) is 4.99. The number of aryl methyl sites for hydroxylation is 1. The molecule has 0 saturated carbocycles. The van der Waals surface area contributed by atoms with Crippen molar-refractivity contribution in [3.63, 3.8) is 0 Å². The van der Waals surface area contributed by atoms with Gasteiger partial charge in [-0.25, -0.2) is 0 Å². The Labute approximate surface area is 135 Å². The van der Waals surface area contributed by atoms with Crippen LogP contribution in [0.2, 0.25) is 0 Å². The number of hydrogen-bond acceptors (Lipinski definition) is 4. The van der Waals surface area contributed by atoms with Gasteiger partial charge in [0.05, 0.1) is 20.3 Å². The lowest BCUT2D eigenvalue weighted by Crippen LogP contribution is -2.26. The van der Waals surface area contributed by atoms with Gasteiger partial charge < -0.3 is 14.4 Å². The lowest BCUT2D eigenvalue weighted by molar-refractivity contribution is 0.0786. The number of nitrogens with zero attached hydrogens (tertiary/aromatic N) is 1. The number of amides is 1. The van der Waals surface area contributed by atoms with Crippen LogP contribution < -0.4 is 9.47 Å². The molecule has 0 unspecified atom stereocenters. The summed E-state index contributed by atoms with van der Waals surface area (Å²) in [4.78, 5) is 15.5. The topological polar surface area (TPSA) is 38.8 Å². The van der Waals surface area contributed by atoms with Crippen molar-refractivity contribution in [2.45, 2.75) is 20.4 Å². The fourth-order valence-corrected chi connectivity index (χ4v) is 3.11. The molecule has 0 aliphatic rings. The van der Waals surface area contributed by atoms with E-state index in [1.54, 1.807) is 41.5 Å². The van der Waals surface area contributed by atoms with Crippen molar-refractivity contribution in [3.05, 3.63) is 45.6 Å². The second kappa shape index (κ2) is 7.31. The summed E-state index contributed by atoms with van der Waals surface area (Å²) >= 11 is 1.67. The summed E-state index contributed by atoms with van der Waals surface area (Å²) in [5, 5.41) is 2.05. The molecule has 0 aliphatic carbocycles. The van der Waals surface area contributed by atoms with Crippen molar-refractivity contribution in [2.75, 3.05) is 20.8 Å². The van der Waals surface area contributed by atoms with E-state index in [-0.39, 0.29) is 5.91 Å². The molecule has 1 aromatic carbocycles. The maximum absolute atomic E-state index is 12.6. The van der Waals surface area contributed by atoms with Crippen LogP contribution >= 0.6 is 11.3 Å². The summed E-state index contributed by atoms with van der Waals surface area (Å²) in [7, 11) is 3.40. The molecule has 2 rings (SSSR count). The van der Waals surface area contributed by atoms with E-state index in [2.05, 4.69) is 13.0 Å². The summed E-state index contributed by atoms with van der Waals surface area (Å²) < 4.78 is 10.8. The van der Waals surface area contributed by atoms with E-state index >= 15 is 0 Å². The van der Waals surface area contributed by atoms with Crippen LogP contribution in [0.15, 0.2) is 29.6 Å². The lowest BCUT2D eigenvalue weighted by atomic mass is 10.1. The summed E-state index contributed by atoms with van der Waals surface area (Å²) in [6.45, 7) is 5.10. The van der Waals surface area contributed by atoms with E-state index in [4.69, 9.17) is 9.47 Å². The molecule has 0 radical (unpaired) electrons. The summed E-state index contributed by atoms with van der Waals surface area (Å²) in [5.41, 5.74) is 1.82. The Morgan fingerprint density at radius 1 is 1.27 bits per heavy atom. The van der Waals surface area contributed by atoms with E-state index in [0.717, 1.165) is 0 Å². The molecule has 0 bridgehead atoms. The molecule has 1 aromatic heterocycles. The first kappa shape index (κ1) is 16.4. The maximum Gasteiger partial charge on any atom is 0.254 e. The Hall–Kier alpha value is -2.01. The molecule has 0 spiro atoms. The van der Waals surface area contributed by atoms with Gasteiger partial charge in [0, 0.05) is 17.5 Å². The van der Waals surface area contributed by atoms with Gasteiger partial charge in [-0.2, -0.15) is 0 Å². The third-order valence-electron chi connectivity index (χ3n) is 3.41. The van der Waals surface area contributed by atoms with Crippen molar-refractivity contribution in [2.24, 2.45) is 0 Å². The number of ether oxygens (including phenoxy) is 2. The first-order valence-electron chi connectivity index (χ1n) is 7.16. The van der Waals surface area contributed by atoms with E-state index in [1.165, 1.54) is 10.4 Å². The molecule has 0 N–H and O–H groups in total. The number of benzene rings is 1. The maximum atomic E-state index is 12.6. The Morgan fingerprint density at radius 3 is 2.64 bits per heavy atom. The first-order valence-corrected chi connectivity index (χ1v) is 8.04. The lowest BCUT2D eigenvalue weighted by Gasteiger charge is -2.18. The third-order valence-corrected chi connectivity index (χ3v) is 4.41. The van der Waals surface area contributed by atoms with Crippen molar-refractivity contribution >= 4 is 17.2 Å². The molecule has 0 atom stereocenters. The van der Waals surface area contributed by atoms with E-state index in [9.17, 15) is 4.79 Å². The zero-order valence-corrected chi connectivity index (χ0v) is 14.2. The van der Waals surface area contributed by atoms with Crippen molar-refractivity contribution in [1.82, 2.24) is 4.90 Å². The first-order chi connectivity index (χ1) is 10.6. The minimum absolute atomic E-state index is 0.0311. The molecule has 4 nitrogen and oxygen atoms in total. The molecule has 1 heterocycles. The van der Waals surface area contributed by atoms with E-state index < -0.39 is 0 Å². The van der Waals surface area contributed by atoms with Crippen LogP contribution in [0.1, 0.15) is 27.7 Å². The van der Waals surface area contributed by atoms with Crippen molar-refractivity contribution in [1.29, 1.82) is 0 Å². The molecule has 22 heavy (non-hydrogen) atoms. The van der Waals surface area contributed by atoms with Gasteiger partial charge in [-0.3, -0.25) is 4.79 Å². The number of methoxy groups -OCH3 is 1. The molecule has 0 fully saturated rings. The standard InChI is InChI=1S/C17H21NO3S/c1-5-21-15-10-13(6-7-14(15)20-4)17(19)18(3)11-16-12(2)8-9-22-16/h6-10H,5,11H2,1-4H3. The van der Waals surface area contributed by atoms with Gasteiger partial charge in [0.2, 0.25) is 0 Å². The highest BCUT2D eigenvalue weighted by Crippen LogP contribution is 2.28. The average Bonchev–Trinajstić information content (AvgIpc) is 2.92. The molecule has 5 heteroatoms. The number of rotatable bonds is 6. The van der Waals surface area contributed by atoms with Gasteiger partial charge >= 0.3 is 0 Å². The Balaban J connectivity index is 2.17. The Morgan fingerprint density at radius 2 is 2.05 bits per heavy atom. The molecular formula is C17H21NO3S. The fourth-order valence-electron chi connectivity index (χ4n) is 2.15. The Kier molecular flexibility index (Phi) is 5.44. The van der Waals surface area contributed by atoms with Gasteiger partial charge in [0.1, 0.15) is 0 Å². The average molecular weight is 319 g/mol. The van der Waals surface area contributed by atoms with Gasteiger partial charge in [-0.15, -0.1) is 11.3 Å². The zero-order chi connectivity index (χ0) is 16.1. The highest BCUT2D eigenvalue weighted by Gasteiger charge is 2.16. The molecular weight excluding hydrogens is 298 g/mol. The SMILES string of the molecule is CCOc1cc(C(=O)N(C)Cc2sccc2C)ccc1OC. The van der Waals surface area contributed by atoms with Gasteiger partial charge in [-0.1, -0.05) is 0 Å². The van der Waals surface area contributed by atoms with Crippen molar-refractivity contribution in [3.8, 4) is 11.5 Å². The number of carbonyl (C=O) groups is 1. The van der Waals surface area contributed by atoms with E-state index in [1.807, 2.05) is 19.4 Å². The van der Waals surface area contributed by atoms with Crippen LogP contribution in [0.25, 0.3) is 0 Å². The molecule has 2 aromatic rings. The highest BCUT2D eigenvalue weighted by atomic mass is 32.1.